The van der Waals surface area contributed by atoms with Crippen LogP contribution in [0.1, 0.15) is 31.9 Å². The highest BCUT2D eigenvalue weighted by Crippen LogP contribution is 2.29. The van der Waals surface area contributed by atoms with E-state index in [0.29, 0.717) is 0 Å². The van der Waals surface area contributed by atoms with Gasteiger partial charge in [-0.15, -0.1) is 0 Å². The lowest BCUT2D eigenvalue weighted by Crippen LogP contribution is -2.44. The average molecular weight is 458 g/mol. The summed E-state index contributed by atoms with van der Waals surface area (Å²) in [6.07, 6.45) is -4.17. The van der Waals surface area contributed by atoms with Gasteiger partial charge in [0.25, 0.3) is 0 Å². The Kier molecular flexibility index (Phi) is 8.43. The van der Waals surface area contributed by atoms with E-state index in [0.717, 1.165) is 11.1 Å². The van der Waals surface area contributed by atoms with Gasteiger partial charge >= 0.3 is 12.1 Å². The first-order chi connectivity index (χ1) is 15.7. The van der Waals surface area contributed by atoms with Gasteiger partial charge in [-0.1, -0.05) is 60.7 Å². The van der Waals surface area contributed by atoms with Gasteiger partial charge < -0.3 is 29.4 Å². The van der Waals surface area contributed by atoms with E-state index < -0.39 is 42.1 Å². The van der Waals surface area contributed by atoms with Crippen LogP contribution in [0.2, 0.25) is 0 Å². The number of nitrogens with one attached hydrogen (secondary N) is 1. The fourth-order valence-electron chi connectivity index (χ4n) is 3.51. The zero-order chi connectivity index (χ0) is 23.8. The topological polar surface area (TPSA) is 103 Å². The van der Waals surface area contributed by atoms with Gasteiger partial charge in [-0.05, 0) is 31.9 Å². The second kappa shape index (κ2) is 11.3. The van der Waals surface area contributed by atoms with E-state index in [1.807, 2.05) is 60.7 Å². The molecule has 8 nitrogen and oxygen atoms in total. The van der Waals surface area contributed by atoms with Crippen LogP contribution in [-0.2, 0) is 37.0 Å². The molecular weight excluding hydrogens is 426 g/mol. The summed E-state index contributed by atoms with van der Waals surface area (Å²) in [5, 5.41) is 12.4. The third-order valence-electron chi connectivity index (χ3n) is 4.97. The lowest BCUT2D eigenvalue weighted by Gasteiger charge is -2.25. The molecule has 4 atom stereocenters. The minimum absolute atomic E-state index is 0.0172. The summed E-state index contributed by atoms with van der Waals surface area (Å²) in [5.41, 5.74) is 1.17. The molecule has 1 aliphatic rings. The Morgan fingerprint density at radius 2 is 1.42 bits per heavy atom. The summed E-state index contributed by atoms with van der Waals surface area (Å²) in [6.45, 7) is 5.75. The molecular formula is C25H31NO7. The van der Waals surface area contributed by atoms with Gasteiger partial charge in [0.15, 0.2) is 6.10 Å². The molecule has 2 N–H and O–H groups in total. The van der Waals surface area contributed by atoms with Crippen molar-refractivity contribution in [2.45, 2.75) is 64.0 Å². The minimum atomic E-state index is -1.24. The highest BCUT2D eigenvalue weighted by atomic mass is 16.6. The summed E-state index contributed by atoms with van der Waals surface area (Å²) >= 11 is 0. The van der Waals surface area contributed by atoms with Crippen molar-refractivity contribution in [1.82, 2.24) is 5.32 Å². The summed E-state index contributed by atoms with van der Waals surface area (Å²) in [7, 11) is 0. The Bertz CT molecular complexity index is 898. The van der Waals surface area contributed by atoms with Crippen LogP contribution in [0.5, 0.6) is 0 Å². The Morgan fingerprint density at radius 3 is 1.91 bits per heavy atom. The van der Waals surface area contributed by atoms with Crippen LogP contribution in [0.4, 0.5) is 4.79 Å². The number of carboxylic acids is 1. The molecule has 1 fully saturated rings. The van der Waals surface area contributed by atoms with E-state index in [4.69, 9.17) is 18.9 Å². The first-order valence-corrected chi connectivity index (χ1v) is 10.9. The molecule has 178 valence electrons. The van der Waals surface area contributed by atoms with Gasteiger partial charge in [-0.3, -0.25) is 0 Å². The van der Waals surface area contributed by atoms with Gasteiger partial charge in [0, 0.05) is 6.54 Å². The molecule has 0 spiro atoms. The van der Waals surface area contributed by atoms with Crippen molar-refractivity contribution in [2.75, 3.05) is 6.54 Å². The predicted octanol–water partition coefficient (Wildman–Crippen LogP) is 3.53. The molecule has 0 aromatic heterocycles. The summed E-state index contributed by atoms with van der Waals surface area (Å²) < 4.78 is 23.2. The normalized spacial score (nSPS) is 22.6. The molecule has 2 aromatic rings. The van der Waals surface area contributed by atoms with Gasteiger partial charge in [0.05, 0.1) is 13.2 Å². The van der Waals surface area contributed by atoms with E-state index in [2.05, 4.69) is 5.32 Å². The number of amides is 1. The van der Waals surface area contributed by atoms with Gasteiger partial charge in [0.1, 0.15) is 23.9 Å². The molecule has 0 saturated carbocycles. The third-order valence-corrected chi connectivity index (χ3v) is 4.97. The third kappa shape index (κ3) is 7.56. The molecule has 1 heterocycles. The zero-order valence-electron chi connectivity index (χ0n) is 19.1. The molecule has 3 rings (SSSR count). The molecule has 33 heavy (non-hydrogen) atoms. The molecule has 0 unspecified atom stereocenters. The van der Waals surface area contributed by atoms with E-state index >= 15 is 0 Å². The second-order valence-electron chi connectivity index (χ2n) is 8.84. The first-order valence-electron chi connectivity index (χ1n) is 10.9. The summed E-state index contributed by atoms with van der Waals surface area (Å²) in [5.74, 6) is -1.15. The Balaban J connectivity index is 1.73. The van der Waals surface area contributed by atoms with Crippen molar-refractivity contribution in [3.05, 3.63) is 71.8 Å². The first kappa shape index (κ1) is 24.7. The number of alkyl carbamates (subject to hydrolysis) is 1. The fraction of sp³-hybridized carbons (Fsp3) is 0.440. The highest BCUT2D eigenvalue weighted by molar-refractivity contribution is 5.74. The van der Waals surface area contributed by atoms with Crippen LogP contribution in [0, 0.1) is 0 Å². The fourth-order valence-corrected chi connectivity index (χ4v) is 3.51. The van der Waals surface area contributed by atoms with Gasteiger partial charge in [-0.2, -0.15) is 0 Å². The van der Waals surface area contributed by atoms with Crippen LogP contribution in [0.15, 0.2) is 60.7 Å². The monoisotopic (exact) mass is 457 g/mol. The Morgan fingerprint density at radius 1 is 0.909 bits per heavy atom. The van der Waals surface area contributed by atoms with Crippen LogP contribution in [0.25, 0.3) is 0 Å². The maximum Gasteiger partial charge on any atom is 0.407 e. The molecule has 0 radical (unpaired) electrons. The number of carbonyl (C=O) groups excluding carboxylic acids is 1. The van der Waals surface area contributed by atoms with Gasteiger partial charge in [-0.25, -0.2) is 9.59 Å². The highest BCUT2D eigenvalue weighted by Gasteiger charge is 2.50. The number of carbonyl (C=O) groups is 2. The van der Waals surface area contributed by atoms with Crippen LogP contribution < -0.4 is 5.32 Å². The molecule has 2 aromatic carbocycles. The van der Waals surface area contributed by atoms with E-state index in [9.17, 15) is 14.7 Å². The summed E-state index contributed by atoms with van der Waals surface area (Å²) in [6, 6.07) is 19.0. The smallest absolute Gasteiger partial charge is 0.407 e. The maximum absolute atomic E-state index is 12.1. The van der Waals surface area contributed by atoms with Crippen LogP contribution in [0.3, 0.4) is 0 Å². The Hall–Kier alpha value is -2.94. The number of carboxylic acid groups (broad SMARTS) is 1. The molecule has 1 aliphatic heterocycles. The molecule has 1 saturated heterocycles. The number of benzene rings is 2. The molecule has 8 heteroatoms. The lowest BCUT2D eigenvalue weighted by atomic mass is 10.1. The van der Waals surface area contributed by atoms with Crippen LogP contribution >= 0.6 is 0 Å². The lowest BCUT2D eigenvalue weighted by molar-refractivity contribution is -0.156. The van der Waals surface area contributed by atoms with Crippen molar-refractivity contribution in [1.29, 1.82) is 0 Å². The van der Waals surface area contributed by atoms with E-state index in [-0.39, 0.29) is 19.8 Å². The van der Waals surface area contributed by atoms with E-state index in [1.165, 1.54) is 0 Å². The molecule has 0 bridgehead atoms. The number of rotatable bonds is 9. The maximum atomic E-state index is 12.1. The van der Waals surface area contributed by atoms with Crippen molar-refractivity contribution in [3.63, 3.8) is 0 Å². The summed E-state index contributed by atoms with van der Waals surface area (Å²) in [4.78, 5) is 24.1. The van der Waals surface area contributed by atoms with Crippen molar-refractivity contribution < 1.29 is 33.6 Å². The zero-order valence-corrected chi connectivity index (χ0v) is 19.1. The number of aliphatic carboxylic acids is 1. The predicted molar refractivity (Wildman–Crippen MR) is 121 cm³/mol. The van der Waals surface area contributed by atoms with Crippen LogP contribution in [-0.4, -0.2) is 53.7 Å². The largest absolute Gasteiger partial charge is 0.479 e. The van der Waals surface area contributed by atoms with E-state index in [1.54, 1.807) is 20.8 Å². The number of hydrogen-bond acceptors (Lipinski definition) is 6. The standard InChI is InChI=1S/C25H31NO7/c1-25(2,3)33-24(29)26-14-19-20(30-15-17-10-6-4-7-11-17)21(22(32-19)23(27)28)31-16-18-12-8-5-9-13-18/h4-13,19-22H,14-16H2,1-3H3,(H,26,29)(H,27,28)/t19-,20+,21-,22+/m0/s1. The average Bonchev–Trinajstić information content (AvgIpc) is 3.13. The van der Waals surface area contributed by atoms with Gasteiger partial charge in [0.2, 0.25) is 0 Å². The number of hydrogen-bond donors (Lipinski definition) is 2. The van der Waals surface area contributed by atoms with Crippen molar-refractivity contribution >= 4 is 12.1 Å². The van der Waals surface area contributed by atoms with Crippen molar-refractivity contribution in [2.24, 2.45) is 0 Å². The Labute approximate surface area is 193 Å². The van der Waals surface area contributed by atoms with Crippen molar-refractivity contribution in [3.8, 4) is 0 Å². The quantitative estimate of drug-likeness (QED) is 0.594. The minimum Gasteiger partial charge on any atom is -0.479 e. The SMILES string of the molecule is CC(C)(C)OC(=O)NC[C@@H]1O[C@@H](C(=O)O)[C@@H](OCc2ccccc2)[C@@H]1OCc1ccccc1. The second-order valence-corrected chi connectivity index (χ2v) is 8.84. The number of ether oxygens (including phenoxy) is 4. The molecule has 1 amide bonds. The molecule has 0 aliphatic carbocycles.